The van der Waals surface area contributed by atoms with E-state index in [9.17, 15) is 0 Å². The summed E-state index contributed by atoms with van der Waals surface area (Å²) < 4.78 is 11.3. The number of ether oxygens (including phenoxy) is 1. The van der Waals surface area contributed by atoms with Crippen molar-refractivity contribution >= 4 is 11.0 Å². The molecule has 0 amide bonds. The average molecular weight is 261 g/mol. The zero-order chi connectivity index (χ0) is 14.0. The lowest BCUT2D eigenvalue weighted by Gasteiger charge is -2.21. The topological polar surface area (TPSA) is 34.4 Å². The van der Waals surface area contributed by atoms with Gasteiger partial charge >= 0.3 is 0 Å². The van der Waals surface area contributed by atoms with Gasteiger partial charge in [0.2, 0.25) is 0 Å². The smallest absolute Gasteiger partial charge is 0.176 e. The van der Waals surface area contributed by atoms with E-state index in [4.69, 9.17) is 9.15 Å². The summed E-state index contributed by atoms with van der Waals surface area (Å²) >= 11 is 0. The number of nitrogens with one attached hydrogen (secondary N) is 1. The maximum Gasteiger partial charge on any atom is 0.176 e. The molecule has 0 aliphatic carbocycles. The Hall–Kier alpha value is -1.48. The van der Waals surface area contributed by atoms with Crippen molar-refractivity contribution in [2.75, 3.05) is 7.11 Å². The third-order valence-electron chi connectivity index (χ3n) is 3.69. The first-order valence-corrected chi connectivity index (χ1v) is 6.85. The van der Waals surface area contributed by atoms with Crippen molar-refractivity contribution in [2.45, 2.75) is 39.8 Å². The zero-order valence-corrected chi connectivity index (χ0v) is 12.4. The van der Waals surface area contributed by atoms with Crippen LogP contribution in [0.5, 0.6) is 5.75 Å². The molecule has 0 spiro atoms. The van der Waals surface area contributed by atoms with Gasteiger partial charge in [-0.2, -0.15) is 0 Å². The molecule has 1 N–H and O–H groups in total. The van der Waals surface area contributed by atoms with Crippen molar-refractivity contribution in [2.24, 2.45) is 5.92 Å². The molecule has 19 heavy (non-hydrogen) atoms. The molecule has 3 heteroatoms. The summed E-state index contributed by atoms with van der Waals surface area (Å²) in [5, 5.41) is 4.64. The van der Waals surface area contributed by atoms with Gasteiger partial charge < -0.3 is 14.5 Å². The van der Waals surface area contributed by atoms with Crippen LogP contribution in [0.1, 0.15) is 39.5 Å². The van der Waals surface area contributed by atoms with Gasteiger partial charge in [0.05, 0.1) is 13.2 Å². The van der Waals surface area contributed by atoms with Gasteiger partial charge in [-0.25, -0.2) is 0 Å². The average Bonchev–Trinajstić information content (AvgIpc) is 2.82. The maximum atomic E-state index is 5.94. The summed E-state index contributed by atoms with van der Waals surface area (Å²) in [6.45, 7) is 8.76. The molecule has 0 aliphatic rings. The van der Waals surface area contributed by atoms with Gasteiger partial charge in [-0.3, -0.25) is 0 Å². The Bertz CT molecular complexity index is 545. The van der Waals surface area contributed by atoms with Crippen LogP contribution < -0.4 is 10.1 Å². The lowest BCUT2D eigenvalue weighted by molar-refractivity contribution is 0.353. The summed E-state index contributed by atoms with van der Waals surface area (Å²) in [5.74, 6) is 2.33. The number of rotatable bonds is 5. The van der Waals surface area contributed by atoms with Crippen LogP contribution >= 0.6 is 0 Å². The highest BCUT2D eigenvalue weighted by Gasteiger charge is 2.17. The van der Waals surface area contributed by atoms with Gasteiger partial charge in [-0.15, -0.1) is 0 Å². The Kier molecular flexibility index (Phi) is 4.15. The van der Waals surface area contributed by atoms with Crippen LogP contribution in [0.3, 0.4) is 0 Å². The fourth-order valence-electron chi connectivity index (χ4n) is 2.10. The van der Waals surface area contributed by atoms with Gasteiger partial charge in [0.25, 0.3) is 0 Å². The Morgan fingerprint density at radius 2 is 1.89 bits per heavy atom. The van der Waals surface area contributed by atoms with Crippen LogP contribution in [-0.2, 0) is 0 Å². The standard InChI is InChI=1S/C16H23NO2/c1-10(2)11(3)17-12(4)15-9-13-7-6-8-14(18-5)16(13)19-15/h6-12,17H,1-5H3. The number of hydrogen-bond acceptors (Lipinski definition) is 3. The molecule has 2 rings (SSSR count). The summed E-state index contributed by atoms with van der Waals surface area (Å²) in [6.07, 6.45) is 0. The molecule has 0 bridgehead atoms. The quantitative estimate of drug-likeness (QED) is 0.878. The number of hydrogen-bond donors (Lipinski definition) is 1. The first kappa shape index (κ1) is 13.9. The first-order chi connectivity index (χ1) is 9.02. The maximum absolute atomic E-state index is 5.94. The fourth-order valence-corrected chi connectivity index (χ4v) is 2.10. The SMILES string of the molecule is COc1cccc2cc(C(C)NC(C)C(C)C)oc12. The van der Waals surface area contributed by atoms with Gasteiger partial charge in [-0.05, 0) is 31.9 Å². The first-order valence-electron chi connectivity index (χ1n) is 6.85. The van der Waals surface area contributed by atoms with Crippen LogP contribution in [0, 0.1) is 5.92 Å². The minimum atomic E-state index is 0.189. The summed E-state index contributed by atoms with van der Waals surface area (Å²) in [4.78, 5) is 0. The Balaban J connectivity index is 2.26. The molecular weight excluding hydrogens is 238 g/mol. The van der Waals surface area contributed by atoms with E-state index in [0.717, 1.165) is 22.5 Å². The third kappa shape index (κ3) is 2.92. The number of para-hydroxylation sites is 1. The highest BCUT2D eigenvalue weighted by Crippen LogP contribution is 2.31. The van der Waals surface area contributed by atoms with Crippen molar-refractivity contribution in [3.63, 3.8) is 0 Å². The lowest BCUT2D eigenvalue weighted by atomic mass is 10.1. The highest BCUT2D eigenvalue weighted by molar-refractivity contribution is 5.83. The molecule has 1 aromatic carbocycles. The van der Waals surface area contributed by atoms with E-state index < -0.39 is 0 Å². The zero-order valence-electron chi connectivity index (χ0n) is 12.4. The predicted octanol–water partition coefficient (Wildman–Crippen LogP) is 4.14. The molecule has 0 saturated heterocycles. The molecular formula is C16H23NO2. The molecule has 104 valence electrons. The van der Waals surface area contributed by atoms with Crippen molar-refractivity contribution < 1.29 is 9.15 Å². The number of methoxy groups -OCH3 is 1. The van der Waals surface area contributed by atoms with Gasteiger partial charge in [0.15, 0.2) is 11.3 Å². The normalized spacial score (nSPS) is 14.8. The summed E-state index contributed by atoms with van der Waals surface area (Å²) in [5.41, 5.74) is 0.825. The molecule has 0 fully saturated rings. The van der Waals surface area contributed by atoms with E-state index in [1.807, 2.05) is 18.2 Å². The van der Waals surface area contributed by atoms with Crippen molar-refractivity contribution in [1.29, 1.82) is 0 Å². The van der Waals surface area contributed by atoms with Crippen LogP contribution in [0.2, 0.25) is 0 Å². The Morgan fingerprint density at radius 3 is 2.53 bits per heavy atom. The van der Waals surface area contributed by atoms with E-state index >= 15 is 0 Å². The number of fused-ring (bicyclic) bond motifs is 1. The second-order valence-electron chi connectivity index (χ2n) is 5.45. The molecule has 2 atom stereocenters. The molecule has 0 saturated carbocycles. The molecule has 1 heterocycles. The van der Waals surface area contributed by atoms with E-state index in [-0.39, 0.29) is 6.04 Å². The molecule has 2 aromatic rings. The van der Waals surface area contributed by atoms with Gasteiger partial charge in [0.1, 0.15) is 5.76 Å². The van der Waals surface area contributed by atoms with Gasteiger partial charge in [0, 0.05) is 11.4 Å². The van der Waals surface area contributed by atoms with Crippen molar-refractivity contribution in [1.82, 2.24) is 5.32 Å². The minimum Gasteiger partial charge on any atom is -0.493 e. The fraction of sp³-hybridized carbons (Fsp3) is 0.500. The van der Waals surface area contributed by atoms with Gasteiger partial charge in [-0.1, -0.05) is 26.0 Å². The largest absolute Gasteiger partial charge is 0.493 e. The number of furan rings is 1. The van der Waals surface area contributed by atoms with E-state index in [0.29, 0.717) is 12.0 Å². The predicted molar refractivity (Wildman–Crippen MR) is 78.6 cm³/mol. The summed E-state index contributed by atoms with van der Waals surface area (Å²) in [7, 11) is 1.67. The monoisotopic (exact) mass is 261 g/mol. The molecule has 3 nitrogen and oxygen atoms in total. The second-order valence-corrected chi connectivity index (χ2v) is 5.45. The van der Waals surface area contributed by atoms with Crippen LogP contribution in [0.15, 0.2) is 28.7 Å². The third-order valence-corrected chi connectivity index (χ3v) is 3.69. The molecule has 2 unspecified atom stereocenters. The Morgan fingerprint density at radius 1 is 1.16 bits per heavy atom. The lowest BCUT2D eigenvalue weighted by Crippen LogP contribution is -2.32. The van der Waals surface area contributed by atoms with E-state index in [1.165, 1.54) is 0 Å². The second kappa shape index (κ2) is 5.66. The molecule has 0 radical (unpaired) electrons. The van der Waals surface area contributed by atoms with Crippen LogP contribution in [0.4, 0.5) is 0 Å². The van der Waals surface area contributed by atoms with Crippen molar-refractivity contribution in [3.05, 3.63) is 30.0 Å². The van der Waals surface area contributed by atoms with Crippen LogP contribution in [0.25, 0.3) is 11.0 Å². The highest BCUT2D eigenvalue weighted by atomic mass is 16.5. The van der Waals surface area contributed by atoms with E-state index in [2.05, 4.69) is 39.1 Å². The summed E-state index contributed by atoms with van der Waals surface area (Å²) in [6, 6.07) is 8.67. The molecule has 1 aromatic heterocycles. The number of benzene rings is 1. The van der Waals surface area contributed by atoms with Crippen LogP contribution in [-0.4, -0.2) is 13.2 Å². The molecule has 0 aliphatic heterocycles. The van der Waals surface area contributed by atoms with E-state index in [1.54, 1.807) is 7.11 Å². The Labute approximate surface area is 114 Å². The minimum absolute atomic E-state index is 0.189. The van der Waals surface area contributed by atoms with Crippen molar-refractivity contribution in [3.8, 4) is 5.75 Å².